The summed E-state index contributed by atoms with van der Waals surface area (Å²) in [5.74, 6) is -0.209. The number of ether oxygens (including phenoxy) is 1. The Morgan fingerprint density at radius 3 is 2.20 bits per heavy atom. The van der Waals surface area contributed by atoms with E-state index in [-0.39, 0.29) is 18.0 Å². The molecule has 140 valence electrons. The first-order chi connectivity index (χ1) is 12.1. The minimum Gasteiger partial charge on any atom is -0.376 e. The number of carbonyl (C=O) groups excluding carboxylic acids is 3. The van der Waals surface area contributed by atoms with Crippen molar-refractivity contribution in [2.75, 3.05) is 59.0 Å². The van der Waals surface area contributed by atoms with Gasteiger partial charge in [0.15, 0.2) is 0 Å². The molecule has 0 atom stereocenters. The summed E-state index contributed by atoms with van der Waals surface area (Å²) >= 11 is 0. The molecule has 2 fully saturated rings. The molecule has 2 rings (SSSR count). The maximum Gasteiger partial charge on any atom is 0.317 e. The van der Waals surface area contributed by atoms with E-state index in [9.17, 15) is 14.4 Å². The van der Waals surface area contributed by atoms with Crippen LogP contribution in [0.15, 0.2) is 25.3 Å². The lowest BCUT2D eigenvalue weighted by Gasteiger charge is -2.13. The molecule has 3 N–H and O–H groups in total. The van der Waals surface area contributed by atoms with Gasteiger partial charge in [-0.3, -0.25) is 4.79 Å². The quantitative estimate of drug-likeness (QED) is 0.296. The van der Waals surface area contributed by atoms with Crippen molar-refractivity contribution in [3.05, 3.63) is 25.3 Å². The molecule has 2 saturated heterocycles. The molecule has 2 aliphatic heterocycles. The van der Waals surface area contributed by atoms with Crippen molar-refractivity contribution in [3.8, 4) is 0 Å². The smallest absolute Gasteiger partial charge is 0.317 e. The van der Waals surface area contributed by atoms with Gasteiger partial charge in [-0.05, 0) is 6.08 Å². The Morgan fingerprint density at radius 1 is 1.12 bits per heavy atom. The molecule has 2 heterocycles. The number of amides is 5. The first-order valence-corrected chi connectivity index (χ1v) is 8.23. The highest BCUT2D eigenvalue weighted by molar-refractivity contribution is 5.86. The molecule has 0 aromatic carbocycles. The van der Waals surface area contributed by atoms with Crippen LogP contribution in [0.2, 0.25) is 0 Å². The van der Waals surface area contributed by atoms with Crippen molar-refractivity contribution in [2.45, 2.75) is 0 Å². The average Bonchev–Trinajstić information content (AvgIpc) is 3.21. The molecule has 9 heteroatoms. The van der Waals surface area contributed by atoms with Crippen molar-refractivity contribution in [2.24, 2.45) is 0 Å². The van der Waals surface area contributed by atoms with Gasteiger partial charge >= 0.3 is 12.1 Å². The van der Waals surface area contributed by atoms with Crippen molar-refractivity contribution >= 4 is 18.0 Å². The number of nitrogens with zero attached hydrogens (tertiary/aromatic N) is 2. The third-order valence-electron chi connectivity index (χ3n) is 3.50. The average molecular weight is 353 g/mol. The lowest BCUT2D eigenvalue weighted by molar-refractivity contribution is -0.116. The molecule has 0 bridgehead atoms. The first kappa shape index (κ1) is 20.5. The Hall–Kier alpha value is -2.55. The van der Waals surface area contributed by atoms with Crippen LogP contribution in [0.5, 0.6) is 0 Å². The van der Waals surface area contributed by atoms with Crippen LogP contribution < -0.4 is 16.0 Å². The number of carbonyl (C=O) groups is 3. The van der Waals surface area contributed by atoms with E-state index in [0.29, 0.717) is 45.9 Å². The number of rotatable bonds is 9. The Bertz CT molecular complexity index is 483. The molecule has 0 aliphatic carbocycles. The third-order valence-corrected chi connectivity index (χ3v) is 3.50. The number of urea groups is 2. The van der Waals surface area contributed by atoms with E-state index in [1.165, 1.54) is 6.08 Å². The van der Waals surface area contributed by atoms with Gasteiger partial charge in [0, 0.05) is 45.8 Å². The molecule has 25 heavy (non-hydrogen) atoms. The summed E-state index contributed by atoms with van der Waals surface area (Å²) in [7, 11) is 0. The second-order valence-corrected chi connectivity index (χ2v) is 5.30. The standard InChI is InChI=1S/C8H13N3O2.C8H14N2O2/c1-2-7(12)9-3-5-11-6-4-10-8(11)13;1-2-6-12-7-5-10-4-3-9-8(10)11/h2H,1,3-6H2,(H,9,12)(H,10,13);2H,1,3-7H2,(H,9,11). The van der Waals surface area contributed by atoms with Crippen LogP contribution >= 0.6 is 0 Å². The Kier molecular flexibility index (Phi) is 9.76. The Balaban J connectivity index is 0.000000251. The van der Waals surface area contributed by atoms with Gasteiger partial charge in [-0.1, -0.05) is 12.7 Å². The first-order valence-electron chi connectivity index (χ1n) is 8.23. The van der Waals surface area contributed by atoms with Gasteiger partial charge < -0.3 is 30.5 Å². The molecular formula is C16H27N5O4. The normalized spacial score (nSPS) is 15.8. The van der Waals surface area contributed by atoms with Crippen LogP contribution in [0.4, 0.5) is 9.59 Å². The molecular weight excluding hydrogens is 326 g/mol. The second-order valence-electron chi connectivity index (χ2n) is 5.30. The van der Waals surface area contributed by atoms with E-state index in [1.54, 1.807) is 15.9 Å². The second kappa shape index (κ2) is 11.9. The molecule has 0 unspecified atom stereocenters. The maximum atomic E-state index is 11.0. The van der Waals surface area contributed by atoms with Crippen LogP contribution in [0.3, 0.4) is 0 Å². The van der Waals surface area contributed by atoms with Crippen LogP contribution in [-0.4, -0.2) is 86.8 Å². The summed E-state index contributed by atoms with van der Waals surface area (Å²) in [4.78, 5) is 36.1. The van der Waals surface area contributed by atoms with Crippen molar-refractivity contribution in [3.63, 3.8) is 0 Å². The summed E-state index contributed by atoms with van der Waals surface area (Å²) < 4.78 is 5.15. The predicted octanol–water partition coefficient (Wildman–Crippen LogP) is -0.472. The molecule has 0 radical (unpaired) electrons. The van der Waals surface area contributed by atoms with Crippen LogP contribution in [0.1, 0.15) is 0 Å². The minimum atomic E-state index is -0.209. The highest BCUT2D eigenvalue weighted by Gasteiger charge is 2.18. The van der Waals surface area contributed by atoms with Crippen LogP contribution in [-0.2, 0) is 9.53 Å². The van der Waals surface area contributed by atoms with Gasteiger partial charge in [0.1, 0.15) is 0 Å². The van der Waals surface area contributed by atoms with E-state index in [2.05, 4.69) is 29.1 Å². The lowest BCUT2D eigenvalue weighted by Crippen LogP contribution is -2.36. The van der Waals surface area contributed by atoms with E-state index < -0.39 is 0 Å². The molecule has 0 aromatic rings. The van der Waals surface area contributed by atoms with E-state index >= 15 is 0 Å². The van der Waals surface area contributed by atoms with Crippen molar-refractivity contribution in [1.82, 2.24) is 25.8 Å². The molecule has 5 amide bonds. The van der Waals surface area contributed by atoms with Crippen molar-refractivity contribution < 1.29 is 19.1 Å². The van der Waals surface area contributed by atoms with Crippen molar-refractivity contribution in [1.29, 1.82) is 0 Å². The van der Waals surface area contributed by atoms with Gasteiger partial charge in [0.05, 0.1) is 13.2 Å². The van der Waals surface area contributed by atoms with Gasteiger partial charge in [0.2, 0.25) is 5.91 Å². The van der Waals surface area contributed by atoms with E-state index in [4.69, 9.17) is 4.74 Å². The molecule has 0 saturated carbocycles. The fourth-order valence-corrected chi connectivity index (χ4v) is 2.18. The highest BCUT2D eigenvalue weighted by Crippen LogP contribution is 1.95. The number of nitrogens with one attached hydrogen (secondary N) is 3. The molecule has 2 aliphatic rings. The van der Waals surface area contributed by atoms with E-state index in [1.807, 2.05) is 0 Å². The molecule has 9 nitrogen and oxygen atoms in total. The topological polar surface area (TPSA) is 103 Å². The summed E-state index contributed by atoms with van der Waals surface area (Å²) in [6.45, 7) is 12.6. The van der Waals surface area contributed by atoms with E-state index in [0.717, 1.165) is 13.1 Å². The zero-order chi connectivity index (χ0) is 18.5. The van der Waals surface area contributed by atoms with Crippen LogP contribution in [0, 0.1) is 0 Å². The molecule has 0 aromatic heterocycles. The summed E-state index contributed by atoms with van der Waals surface area (Å²) in [5.41, 5.74) is 0. The number of hydrogen-bond acceptors (Lipinski definition) is 4. The monoisotopic (exact) mass is 353 g/mol. The highest BCUT2D eigenvalue weighted by atomic mass is 16.5. The fraction of sp³-hybridized carbons (Fsp3) is 0.562. The lowest BCUT2D eigenvalue weighted by atomic mass is 10.5. The summed E-state index contributed by atoms with van der Waals surface area (Å²) in [6.07, 6.45) is 2.91. The fourth-order valence-electron chi connectivity index (χ4n) is 2.18. The summed E-state index contributed by atoms with van der Waals surface area (Å²) in [5, 5.41) is 8.00. The van der Waals surface area contributed by atoms with Gasteiger partial charge in [-0.15, -0.1) is 6.58 Å². The third kappa shape index (κ3) is 8.20. The maximum absolute atomic E-state index is 11.0. The summed E-state index contributed by atoms with van der Waals surface area (Å²) in [6, 6.07) is -0.0509. The zero-order valence-electron chi connectivity index (χ0n) is 14.5. The predicted molar refractivity (Wildman–Crippen MR) is 94.2 cm³/mol. The minimum absolute atomic E-state index is 0.0113. The SMILES string of the molecule is C=CC(=O)NCCN1CCNC1=O.C=CCOCCN1CCNC1=O. The van der Waals surface area contributed by atoms with Crippen LogP contribution in [0.25, 0.3) is 0 Å². The largest absolute Gasteiger partial charge is 0.376 e. The van der Waals surface area contributed by atoms with Gasteiger partial charge in [-0.2, -0.15) is 0 Å². The van der Waals surface area contributed by atoms with Gasteiger partial charge in [0.25, 0.3) is 0 Å². The van der Waals surface area contributed by atoms with Gasteiger partial charge in [-0.25, -0.2) is 9.59 Å². The zero-order valence-corrected chi connectivity index (χ0v) is 14.5. The Labute approximate surface area is 148 Å². The molecule has 0 spiro atoms. The Morgan fingerprint density at radius 2 is 1.72 bits per heavy atom. The number of hydrogen-bond donors (Lipinski definition) is 3.